The molecule has 1 saturated heterocycles. The van der Waals surface area contributed by atoms with Gasteiger partial charge in [-0.15, -0.1) is 0 Å². The highest BCUT2D eigenvalue weighted by Gasteiger charge is 2.22. The summed E-state index contributed by atoms with van der Waals surface area (Å²) >= 11 is 0. The van der Waals surface area contributed by atoms with E-state index < -0.39 is 0 Å². The zero-order chi connectivity index (χ0) is 12.4. The molecular weight excluding hydrogens is 210 g/mol. The van der Waals surface area contributed by atoms with Gasteiger partial charge in [-0.05, 0) is 44.2 Å². The molecule has 0 aromatic heterocycles. The number of benzene rings is 1. The third-order valence-corrected chi connectivity index (χ3v) is 3.87. The minimum atomic E-state index is 0.668. The molecule has 0 spiro atoms. The topological polar surface area (TPSA) is 32.5 Å². The lowest BCUT2D eigenvalue weighted by Crippen LogP contribution is -2.51. The molecule has 1 atom stereocenters. The van der Waals surface area contributed by atoms with Crippen LogP contribution in [0.1, 0.15) is 18.9 Å². The van der Waals surface area contributed by atoms with E-state index in [1.165, 1.54) is 17.7 Å². The minimum absolute atomic E-state index is 0.668. The number of nitrogen functional groups attached to an aromatic ring is 1. The smallest absolute Gasteiger partial charge is 0.0371 e. The molecule has 3 heteroatoms. The van der Waals surface area contributed by atoms with Gasteiger partial charge in [-0.1, -0.05) is 6.92 Å². The van der Waals surface area contributed by atoms with Gasteiger partial charge in [0.2, 0.25) is 0 Å². The number of hydrogen-bond acceptors (Lipinski definition) is 3. The molecule has 94 valence electrons. The summed E-state index contributed by atoms with van der Waals surface area (Å²) in [6.07, 6.45) is 1.21. The molecule has 1 heterocycles. The highest BCUT2D eigenvalue weighted by molar-refractivity contribution is 5.58. The Hall–Kier alpha value is -1.22. The third kappa shape index (κ3) is 2.55. The maximum Gasteiger partial charge on any atom is 0.0371 e. The Balaban J connectivity index is 2.14. The molecular formula is C14H23N3. The van der Waals surface area contributed by atoms with Gasteiger partial charge in [0.25, 0.3) is 0 Å². The highest BCUT2D eigenvalue weighted by Crippen LogP contribution is 2.23. The molecule has 2 rings (SSSR count). The molecule has 0 saturated carbocycles. The van der Waals surface area contributed by atoms with Gasteiger partial charge in [0.1, 0.15) is 0 Å². The molecule has 2 N–H and O–H groups in total. The van der Waals surface area contributed by atoms with Gasteiger partial charge >= 0.3 is 0 Å². The van der Waals surface area contributed by atoms with Crippen molar-refractivity contribution in [3.05, 3.63) is 23.8 Å². The Morgan fingerprint density at radius 1 is 1.35 bits per heavy atom. The first-order chi connectivity index (χ1) is 8.11. The second-order valence-corrected chi connectivity index (χ2v) is 5.03. The Morgan fingerprint density at radius 2 is 2.12 bits per heavy atom. The zero-order valence-corrected chi connectivity index (χ0v) is 11.1. The Bertz CT molecular complexity index is 389. The first-order valence-corrected chi connectivity index (χ1v) is 6.43. The molecule has 1 aliphatic rings. The van der Waals surface area contributed by atoms with Gasteiger partial charge in [0, 0.05) is 37.1 Å². The van der Waals surface area contributed by atoms with Crippen LogP contribution in [0, 0.1) is 6.92 Å². The van der Waals surface area contributed by atoms with E-state index >= 15 is 0 Å². The van der Waals surface area contributed by atoms with Gasteiger partial charge < -0.3 is 10.6 Å². The lowest BCUT2D eigenvalue weighted by Gasteiger charge is -2.40. The van der Waals surface area contributed by atoms with Gasteiger partial charge in [-0.25, -0.2) is 0 Å². The quantitative estimate of drug-likeness (QED) is 0.794. The van der Waals surface area contributed by atoms with E-state index in [1.807, 2.05) is 6.07 Å². The fraction of sp³-hybridized carbons (Fsp3) is 0.571. The van der Waals surface area contributed by atoms with Crippen molar-refractivity contribution in [1.29, 1.82) is 0 Å². The summed E-state index contributed by atoms with van der Waals surface area (Å²) < 4.78 is 0. The molecule has 1 aromatic rings. The first kappa shape index (κ1) is 12.2. The van der Waals surface area contributed by atoms with E-state index in [-0.39, 0.29) is 0 Å². The first-order valence-electron chi connectivity index (χ1n) is 6.43. The average molecular weight is 233 g/mol. The zero-order valence-electron chi connectivity index (χ0n) is 11.1. The minimum Gasteiger partial charge on any atom is -0.399 e. The highest BCUT2D eigenvalue weighted by atomic mass is 15.3. The number of anilines is 2. The maximum absolute atomic E-state index is 5.87. The Morgan fingerprint density at radius 3 is 2.76 bits per heavy atom. The normalized spacial score (nSPS) is 21.8. The molecule has 3 nitrogen and oxygen atoms in total. The molecule has 1 aromatic carbocycles. The predicted octanol–water partition coefficient (Wildman–Crippen LogP) is 2.11. The van der Waals surface area contributed by atoms with Crippen molar-refractivity contribution in [3.63, 3.8) is 0 Å². The SMILES string of the molecule is CCC1CN(c2ccc(N)c(C)c2)CCN1C. The number of hydrogen-bond donors (Lipinski definition) is 1. The standard InChI is InChI=1S/C14H23N3/c1-4-12-10-17(8-7-16(12)3)13-5-6-14(15)11(2)9-13/h5-6,9,12H,4,7-8,10,15H2,1-3H3. The summed E-state index contributed by atoms with van der Waals surface area (Å²) in [5.41, 5.74) is 9.24. The number of likely N-dealkylation sites (N-methyl/N-ethyl adjacent to an activating group) is 1. The number of aryl methyl sites for hydroxylation is 1. The van der Waals surface area contributed by atoms with E-state index in [0.29, 0.717) is 6.04 Å². The van der Waals surface area contributed by atoms with Crippen LogP contribution in [0.15, 0.2) is 18.2 Å². The summed E-state index contributed by atoms with van der Waals surface area (Å²) in [6, 6.07) is 7.03. The molecule has 1 fully saturated rings. The van der Waals surface area contributed by atoms with E-state index in [9.17, 15) is 0 Å². The van der Waals surface area contributed by atoms with Crippen molar-refractivity contribution in [2.75, 3.05) is 37.3 Å². The fourth-order valence-electron chi connectivity index (χ4n) is 2.48. The molecule has 0 radical (unpaired) electrons. The molecule has 0 aliphatic carbocycles. The van der Waals surface area contributed by atoms with E-state index in [4.69, 9.17) is 5.73 Å². The fourth-order valence-corrected chi connectivity index (χ4v) is 2.48. The van der Waals surface area contributed by atoms with Crippen molar-refractivity contribution in [3.8, 4) is 0 Å². The van der Waals surface area contributed by atoms with Gasteiger partial charge in [0.05, 0.1) is 0 Å². The van der Waals surface area contributed by atoms with Gasteiger partial charge in [-0.2, -0.15) is 0 Å². The summed E-state index contributed by atoms with van der Waals surface area (Å²) in [5, 5.41) is 0. The van der Waals surface area contributed by atoms with Gasteiger partial charge in [-0.3, -0.25) is 4.90 Å². The van der Waals surface area contributed by atoms with Crippen molar-refractivity contribution in [2.45, 2.75) is 26.3 Å². The molecule has 17 heavy (non-hydrogen) atoms. The van der Waals surface area contributed by atoms with E-state index in [2.05, 4.69) is 42.8 Å². The summed E-state index contributed by atoms with van der Waals surface area (Å²) in [5.74, 6) is 0. The van der Waals surface area contributed by atoms with Crippen molar-refractivity contribution >= 4 is 11.4 Å². The van der Waals surface area contributed by atoms with E-state index in [1.54, 1.807) is 0 Å². The van der Waals surface area contributed by atoms with E-state index in [0.717, 1.165) is 25.3 Å². The Kier molecular flexibility index (Phi) is 3.57. The average Bonchev–Trinajstić information content (AvgIpc) is 2.33. The number of nitrogens with zero attached hydrogens (tertiary/aromatic N) is 2. The van der Waals surface area contributed by atoms with Gasteiger partial charge in [0.15, 0.2) is 0 Å². The lowest BCUT2D eigenvalue weighted by molar-refractivity contribution is 0.213. The summed E-state index contributed by atoms with van der Waals surface area (Å²) in [4.78, 5) is 4.93. The number of piperazine rings is 1. The van der Waals surface area contributed by atoms with Crippen molar-refractivity contribution in [2.24, 2.45) is 0 Å². The monoisotopic (exact) mass is 233 g/mol. The van der Waals surface area contributed by atoms with Crippen LogP contribution in [0.2, 0.25) is 0 Å². The number of rotatable bonds is 2. The second-order valence-electron chi connectivity index (χ2n) is 5.03. The predicted molar refractivity (Wildman–Crippen MR) is 74.5 cm³/mol. The van der Waals surface area contributed by atoms with Crippen LogP contribution in [0.5, 0.6) is 0 Å². The summed E-state index contributed by atoms with van der Waals surface area (Å²) in [6.45, 7) is 7.71. The second kappa shape index (κ2) is 4.96. The van der Waals surface area contributed by atoms with Crippen LogP contribution >= 0.6 is 0 Å². The lowest BCUT2D eigenvalue weighted by atomic mass is 10.1. The molecule has 0 bridgehead atoms. The third-order valence-electron chi connectivity index (χ3n) is 3.87. The van der Waals surface area contributed by atoms with Crippen LogP contribution in [0.4, 0.5) is 11.4 Å². The van der Waals surface area contributed by atoms with Crippen LogP contribution < -0.4 is 10.6 Å². The van der Waals surface area contributed by atoms with Crippen LogP contribution in [-0.4, -0.2) is 37.6 Å². The molecule has 1 aliphatic heterocycles. The number of nitrogens with two attached hydrogens (primary N) is 1. The molecule has 0 amide bonds. The largest absolute Gasteiger partial charge is 0.399 e. The maximum atomic E-state index is 5.87. The van der Waals surface area contributed by atoms with Crippen LogP contribution in [-0.2, 0) is 0 Å². The van der Waals surface area contributed by atoms with Crippen molar-refractivity contribution in [1.82, 2.24) is 4.90 Å². The van der Waals surface area contributed by atoms with Crippen LogP contribution in [0.25, 0.3) is 0 Å². The van der Waals surface area contributed by atoms with Crippen LogP contribution in [0.3, 0.4) is 0 Å². The van der Waals surface area contributed by atoms with Crippen molar-refractivity contribution < 1.29 is 0 Å². The molecule has 1 unspecified atom stereocenters. The summed E-state index contributed by atoms with van der Waals surface area (Å²) in [7, 11) is 2.22. The Labute approximate surface area is 104 Å².